The van der Waals surface area contributed by atoms with Crippen molar-refractivity contribution in [2.24, 2.45) is 5.73 Å². The highest BCUT2D eigenvalue weighted by Crippen LogP contribution is 2.24. The fraction of sp³-hybridized carbons (Fsp3) is 0.500. The SMILES string of the molecule is Cc1nc(C)c(C(C)NC(=O)N[C@@H](CC(N)=O)C(=O)O)s1. The van der Waals surface area contributed by atoms with Crippen LogP contribution < -0.4 is 16.4 Å². The molecule has 8 nitrogen and oxygen atoms in total. The monoisotopic (exact) mass is 314 g/mol. The second-order valence-electron chi connectivity index (χ2n) is 4.58. The average Bonchev–Trinajstić information content (AvgIpc) is 2.66. The molecule has 3 amide bonds. The molecular weight excluding hydrogens is 296 g/mol. The number of hydrogen-bond acceptors (Lipinski definition) is 5. The van der Waals surface area contributed by atoms with E-state index in [1.165, 1.54) is 11.3 Å². The summed E-state index contributed by atoms with van der Waals surface area (Å²) in [6.45, 7) is 5.47. The topological polar surface area (TPSA) is 134 Å². The summed E-state index contributed by atoms with van der Waals surface area (Å²) in [5.74, 6) is -2.12. The van der Waals surface area contributed by atoms with Crippen molar-refractivity contribution in [3.63, 3.8) is 0 Å². The van der Waals surface area contributed by atoms with Crippen LogP contribution >= 0.6 is 11.3 Å². The van der Waals surface area contributed by atoms with Gasteiger partial charge in [-0.1, -0.05) is 0 Å². The van der Waals surface area contributed by atoms with Crippen LogP contribution in [0.4, 0.5) is 4.79 Å². The van der Waals surface area contributed by atoms with Crippen molar-refractivity contribution in [3.05, 3.63) is 15.6 Å². The number of nitrogens with one attached hydrogen (secondary N) is 2. The third-order valence-electron chi connectivity index (χ3n) is 2.69. The minimum atomic E-state index is -1.35. The normalized spacial score (nSPS) is 13.3. The number of carbonyl (C=O) groups excluding carboxylic acids is 2. The number of aliphatic carboxylic acids is 1. The van der Waals surface area contributed by atoms with Crippen molar-refractivity contribution in [2.75, 3.05) is 0 Å². The van der Waals surface area contributed by atoms with Gasteiger partial charge in [-0.2, -0.15) is 0 Å². The molecule has 21 heavy (non-hydrogen) atoms. The lowest BCUT2D eigenvalue weighted by atomic mass is 10.2. The van der Waals surface area contributed by atoms with Gasteiger partial charge >= 0.3 is 12.0 Å². The lowest BCUT2D eigenvalue weighted by Crippen LogP contribution is -2.48. The van der Waals surface area contributed by atoms with Crippen LogP contribution in [0.15, 0.2) is 0 Å². The maximum atomic E-state index is 11.8. The molecule has 1 aromatic rings. The summed E-state index contributed by atoms with van der Waals surface area (Å²) in [7, 11) is 0. The first-order chi connectivity index (χ1) is 9.70. The number of nitrogens with two attached hydrogens (primary N) is 1. The number of carboxylic acids is 1. The summed E-state index contributed by atoms with van der Waals surface area (Å²) in [5, 5.41) is 14.6. The van der Waals surface area contributed by atoms with E-state index in [0.29, 0.717) is 0 Å². The quantitative estimate of drug-likeness (QED) is 0.604. The predicted molar refractivity (Wildman–Crippen MR) is 76.9 cm³/mol. The van der Waals surface area contributed by atoms with Crippen molar-refractivity contribution in [1.82, 2.24) is 15.6 Å². The Kier molecular flexibility index (Phi) is 5.65. The summed E-state index contributed by atoms with van der Waals surface area (Å²) < 4.78 is 0. The van der Waals surface area contributed by atoms with Gasteiger partial charge < -0.3 is 21.5 Å². The molecule has 0 aliphatic rings. The lowest BCUT2D eigenvalue weighted by molar-refractivity contribution is -0.140. The molecule has 1 aromatic heterocycles. The number of primary amides is 1. The van der Waals surface area contributed by atoms with E-state index in [1.807, 2.05) is 13.8 Å². The van der Waals surface area contributed by atoms with E-state index in [4.69, 9.17) is 10.8 Å². The van der Waals surface area contributed by atoms with Crippen LogP contribution in [0.1, 0.15) is 35.0 Å². The Balaban J connectivity index is 2.65. The largest absolute Gasteiger partial charge is 0.480 e. The third-order valence-corrected chi connectivity index (χ3v) is 3.94. The van der Waals surface area contributed by atoms with Gasteiger partial charge in [-0.25, -0.2) is 14.6 Å². The van der Waals surface area contributed by atoms with Gasteiger partial charge in [0.25, 0.3) is 0 Å². The Bertz CT molecular complexity index is 557. The Hall–Kier alpha value is -2.16. The molecule has 2 atom stereocenters. The van der Waals surface area contributed by atoms with Gasteiger partial charge in [-0.3, -0.25) is 4.79 Å². The molecule has 0 bridgehead atoms. The molecule has 0 spiro atoms. The van der Waals surface area contributed by atoms with E-state index in [-0.39, 0.29) is 6.04 Å². The van der Waals surface area contributed by atoms with E-state index in [0.717, 1.165) is 15.6 Å². The Morgan fingerprint density at radius 1 is 1.33 bits per heavy atom. The summed E-state index contributed by atoms with van der Waals surface area (Å²) in [6, 6.07) is -2.35. The lowest BCUT2D eigenvalue weighted by Gasteiger charge is -2.17. The molecule has 0 aliphatic heterocycles. The number of amides is 3. The number of carboxylic acid groups (broad SMARTS) is 1. The first kappa shape index (κ1) is 16.9. The van der Waals surface area contributed by atoms with Gasteiger partial charge in [0, 0.05) is 4.88 Å². The summed E-state index contributed by atoms with van der Waals surface area (Å²) in [5.41, 5.74) is 5.76. The minimum Gasteiger partial charge on any atom is -0.480 e. The number of urea groups is 1. The molecule has 9 heteroatoms. The van der Waals surface area contributed by atoms with Gasteiger partial charge in [-0.15, -0.1) is 11.3 Å². The van der Waals surface area contributed by atoms with Gasteiger partial charge in [0.15, 0.2) is 0 Å². The van der Waals surface area contributed by atoms with Crippen LogP contribution in [0, 0.1) is 13.8 Å². The van der Waals surface area contributed by atoms with Crippen LogP contribution in [-0.2, 0) is 9.59 Å². The summed E-state index contributed by atoms with van der Waals surface area (Å²) in [6.07, 6.45) is -0.462. The van der Waals surface area contributed by atoms with Crippen molar-refractivity contribution in [1.29, 1.82) is 0 Å². The number of rotatable bonds is 6. The second kappa shape index (κ2) is 7.02. The molecule has 0 aliphatic carbocycles. The molecule has 1 unspecified atom stereocenters. The molecule has 1 rings (SSSR count). The van der Waals surface area contributed by atoms with E-state index >= 15 is 0 Å². The zero-order chi connectivity index (χ0) is 16.2. The van der Waals surface area contributed by atoms with E-state index < -0.39 is 30.4 Å². The average molecular weight is 314 g/mol. The molecule has 0 aromatic carbocycles. The van der Waals surface area contributed by atoms with Crippen molar-refractivity contribution >= 4 is 29.2 Å². The zero-order valence-electron chi connectivity index (χ0n) is 12.0. The van der Waals surface area contributed by atoms with Crippen LogP contribution in [0.25, 0.3) is 0 Å². The maximum absolute atomic E-state index is 11.8. The predicted octanol–water partition coefficient (Wildman–Crippen LogP) is 0.449. The second-order valence-corrected chi connectivity index (χ2v) is 5.82. The first-order valence-electron chi connectivity index (χ1n) is 6.22. The Morgan fingerprint density at radius 3 is 2.38 bits per heavy atom. The molecule has 0 saturated carbocycles. The van der Waals surface area contributed by atoms with E-state index in [9.17, 15) is 14.4 Å². The van der Waals surface area contributed by atoms with Crippen LogP contribution in [0.2, 0.25) is 0 Å². The number of nitrogens with zero attached hydrogens (tertiary/aromatic N) is 1. The standard InChI is InChI=1S/C12H18N4O4S/c1-5-10(21-7(3)14-5)6(2)15-12(20)16-8(11(18)19)4-9(13)17/h6,8H,4H2,1-3H3,(H2,13,17)(H,18,19)(H2,15,16,20)/t6?,8-/m0/s1. The maximum Gasteiger partial charge on any atom is 0.326 e. The van der Waals surface area contributed by atoms with Gasteiger partial charge in [0.1, 0.15) is 6.04 Å². The molecular formula is C12H18N4O4S. The number of carbonyl (C=O) groups is 3. The number of thiazole rings is 1. The van der Waals surface area contributed by atoms with E-state index in [2.05, 4.69) is 15.6 Å². The van der Waals surface area contributed by atoms with Crippen molar-refractivity contribution < 1.29 is 19.5 Å². The summed E-state index contributed by atoms with van der Waals surface area (Å²) >= 11 is 1.46. The van der Waals surface area contributed by atoms with E-state index in [1.54, 1.807) is 6.92 Å². The molecule has 1 heterocycles. The summed E-state index contributed by atoms with van der Waals surface area (Å²) in [4.78, 5) is 38.6. The Morgan fingerprint density at radius 2 is 1.95 bits per heavy atom. The highest BCUT2D eigenvalue weighted by atomic mass is 32.1. The fourth-order valence-corrected chi connectivity index (χ4v) is 2.74. The van der Waals surface area contributed by atoms with Crippen LogP contribution in [0.5, 0.6) is 0 Å². The minimum absolute atomic E-state index is 0.320. The molecule has 0 fully saturated rings. The van der Waals surface area contributed by atoms with Gasteiger partial charge in [0.2, 0.25) is 5.91 Å². The number of hydrogen-bond donors (Lipinski definition) is 4. The van der Waals surface area contributed by atoms with Crippen LogP contribution in [0.3, 0.4) is 0 Å². The molecule has 5 N–H and O–H groups in total. The Labute approximate surface area is 125 Å². The smallest absolute Gasteiger partial charge is 0.326 e. The highest BCUT2D eigenvalue weighted by molar-refractivity contribution is 7.11. The van der Waals surface area contributed by atoms with Crippen molar-refractivity contribution in [2.45, 2.75) is 39.3 Å². The fourth-order valence-electron chi connectivity index (χ4n) is 1.81. The van der Waals surface area contributed by atoms with Gasteiger partial charge in [-0.05, 0) is 20.8 Å². The third kappa shape index (κ3) is 5.03. The van der Waals surface area contributed by atoms with Gasteiger partial charge in [0.05, 0.1) is 23.2 Å². The highest BCUT2D eigenvalue weighted by Gasteiger charge is 2.23. The first-order valence-corrected chi connectivity index (χ1v) is 7.04. The van der Waals surface area contributed by atoms with Crippen molar-refractivity contribution in [3.8, 4) is 0 Å². The molecule has 116 valence electrons. The molecule has 0 radical (unpaired) electrons. The number of aromatic nitrogens is 1. The number of aryl methyl sites for hydroxylation is 2. The van der Waals surface area contributed by atoms with Crippen LogP contribution in [-0.4, -0.2) is 34.0 Å². The molecule has 0 saturated heterocycles. The zero-order valence-corrected chi connectivity index (χ0v) is 12.8.